The van der Waals surface area contributed by atoms with Crippen molar-refractivity contribution in [1.29, 1.82) is 0 Å². The molecule has 0 atom stereocenters. The number of pyridine rings is 2. The SMILES string of the molecule is O=Cc1cccnc1Oc1cncc(Cl)c1. The van der Waals surface area contributed by atoms with E-state index < -0.39 is 0 Å². The van der Waals surface area contributed by atoms with Crippen LogP contribution in [0.2, 0.25) is 5.02 Å². The minimum atomic E-state index is 0.238. The van der Waals surface area contributed by atoms with E-state index in [4.69, 9.17) is 16.3 Å². The van der Waals surface area contributed by atoms with Crippen LogP contribution >= 0.6 is 11.6 Å². The number of aldehydes is 1. The van der Waals surface area contributed by atoms with Crippen molar-refractivity contribution in [3.63, 3.8) is 0 Å². The van der Waals surface area contributed by atoms with Crippen molar-refractivity contribution in [3.05, 3.63) is 47.4 Å². The summed E-state index contributed by atoms with van der Waals surface area (Å²) in [6.45, 7) is 0. The van der Waals surface area contributed by atoms with Crippen LogP contribution in [0.4, 0.5) is 0 Å². The van der Waals surface area contributed by atoms with E-state index in [-0.39, 0.29) is 5.88 Å². The lowest BCUT2D eigenvalue weighted by molar-refractivity contribution is 0.112. The Morgan fingerprint density at radius 1 is 1.38 bits per heavy atom. The first-order valence-corrected chi connectivity index (χ1v) is 4.86. The number of rotatable bonds is 3. The van der Waals surface area contributed by atoms with Gasteiger partial charge in [0.05, 0.1) is 16.8 Å². The topological polar surface area (TPSA) is 52.1 Å². The van der Waals surface area contributed by atoms with Crippen LogP contribution < -0.4 is 4.74 Å². The van der Waals surface area contributed by atoms with Gasteiger partial charge in [0.2, 0.25) is 5.88 Å². The molecule has 0 bridgehead atoms. The summed E-state index contributed by atoms with van der Waals surface area (Å²) in [6.07, 6.45) is 5.21. The zero-order chi connectivity index (χ0) is 11.4. The van der Waals surface area contributed by atoms with Gasteiger partial charge in [-0.1, -0.05) is 11.6 Å². The molecule has 0 radical (unpaired) electrons. The standard InChI is InChI=1S/C11H7ClN2O2/c12-9-4-10(6-13-5-9)16-11-8(7-15)2-1-3-14-11/h1-7H. The molecule has 16 heavy (non-hydrogen) atoms. The molecular weight excluding hydrogens is 228 g/mol. The molecule has 0 aliphatic carbocycles. The maximum atomic E-state index is 10.7. The van der Waals surface area contributed by atoms with Crippen molar-refractivity contribution >= 4 is 17.9 Å². The van der Waals surface area contributed by atoms with Gasteiger partial charge in [0.1, 0.15) is 5.75 Å². The van der Waals surface area contributed by atoms with E-state index in [1.807, 2.05) is 0 Å². The first-order valence-electron chi connectivity index (χ1n) is 4.48. The second-order valence-corrected chi connectivity index (χ2v) is 3.39. The molecule has 0 spiro atoms. The van der Waals surface area contributed by atoms with Gasteiger partial charge in [0.25, 0.3) is 0 Å². The molecule has 4 nitrogen and oxygen atoms in total. The molecule has 2 aromatic rings. The van der Waals surface area contributed by atoms with Crippen molar-refractivity contribution in [3.8, 4) is 11.6 Å². The number of halogens is 1. The fourth-order valence-corrected chi connectivity index (χ4v) is 1.30. The van der Waals surface area contributed by atoms with E-state index in [9.17, 15) is 4.79 Å². The Labute approximate surface area is 96.9 Å². The second-order valence-electron chi connectivity index (χ2n) is 2.96. The number of aromatic nitrogens is 2. The third-order valence-corrected chi connectivity index (χ3v) is 2.03. The zero-order valence-corrected chi connectivity index (χ0v) is 8.89. The normalized spacial score (nSPS) is 9.81. The molecule has 2 aromatic heterocycles. The van der Waals surface area contributed by atoms with E-state index in [1.165, 1.54) is 12.4 Å². The summed E-state index contributed by atoms with van der Waals surface area (Å²) in [6, 6.07) is 4.87. The van der Waals surface area contributed by atoms with Gasteiger partial charge >= 0.3 is 0 Å². The smallest absolute Gasteiger partial charge is 0.229 e. The minimum absolute atomic E-state index is 0.238. The zero-order valence-electron chi connectivity index (χ0n) is 8.13. The molecule has 2 rings (SSSR count). The highest BCUT2D eigenvalue weighted by molar-refractivity contribution is 6.30. The van der Waals surface area contributed by atoms with Crippen LogP contribution in [0.5, 0.6) is 11.6 Å². The lowest BCUT2D eigenvalue weighted by atomic mass is 10.3. The Hall–Kier alpha value is -1.94. The van der Waals surface area contributed by atoms with Crippen LogP contribution in [0.25, 0.3) is 0 Å². The van der Waals surface area contributed by atoms with Gasteiger partial charge in [0.15, 0.2) is 6.29 Å². The lowest BCUT2D eigenvalue weighted by Crippen LogP contribution is -1.93. The fraction of sp³-hybridized carbons (Fsp3) is 0. The summed E-state index contributed by atoms with van der Waals surface area (Å²) < 4.78 is 5.39. The Morgan fingerprint density at radius 3 is 3.00 bits per heavy atom. The molecule has 0 aliphatic heterocycles. The number of hydrogen-bond donors (Lipinski definition) is 0. The molecule has 0 unspecified atom stereocenters. The average molecular weight is 235 g/mol. The third-order valence-electron chi connectivity index (χ3n) is 1.82. The summed E-state index contributed by atoms with van der Waals surface area (Å²) >= 11 is 5.75. The fourth-order valence-electron chi connectivity index (χ4n) is 1.14. The van der Waals surface area contributed by atoms with Gasteiger partial charge in [0, 0.05) is 18.5 Å². The molecular formula is C11H7ClN2O2. The van der Waals surface area contributed by atoms with Crippen LogP contribution in [-0.2, 0) is 0 Å². The van der Waals surface area contributed by atoms with E-state index in [1.54, 1.807) is 24.4 Å². The molecule has 0 saturated heterocycles. The molecule has 0 saturated carbocycles. The maximum Gasteiger partial charge on any atom is 0.229 e. The van der Waals surface area contributed by atoms with E-state index in [2.05, 4.69) is 9.97 Å². The first-order chi connectivity index (χ1) is 7.79. The van der Waals surface area contributed by atoms with Crippen molar-refractivity contribution in [2.75, 3.05) is 0 Å². The molecule has 0 aliphatic rings. The van der Waals surface area contributed by atoms with Gasteiger partial charge in [-0.3, -0.25) is 9.78 Å². The Balaban J connectivity index is 2.30. The molecule has 0 aromatic carbocycles. The highest BCUT2D eigenvalue weighted by Crippen LogP contribution is 2.23. The van der Waals surface area contributed by atoms with Gasteiger partial charge in [-0.15, -0.1) is 0 Å². The summed E-state index contributed by atoms with van der Waals surface area (Å²) in [5.74, 6) is 0.677. The summed E-state index contributed by atoms with van der Waals surface area (Å²) in [5, 5.41) is 0.459. The summed E-state index contributed by atoms with van der Waals surface area (Å²) in [5.41, 5.74) is 0.377. The monoisotopic (exact) mass is 234 g/mol. The molecule has 0 amide bonds. The van der Waals surface area contributed by atoms with Crippen LogP contribution in [0, 0.1) is 0 Å². The molecule has 0 N–H and O–H groups in total. The predicted molar refractivity (Wildman–Crippen MR) is 58.9 cm³/mol. The molecule has 2 heterocycles. The van der Waals surface area contributed by atoms with Crippen molar-refractivity contribution < 1.29 is 9.53 Å². The molecule has 5 heteroatoms. The van der Waals surface area contributed by atoms with Gasteiger partial charge in [-0.25, -0.2) is 4.98 Å². The first kappa shape index (κ1) is 10.6. The Morgan fingerprint density at radius 2 is 2.25 bits per heavy atom. The lowest BCUT2D eigenvalue weighted by Gasteiger charge is -2.05. The summed E-state index contributed by atoms with van der Waals surface area (Å²) in [4.78, 5) is 18.5. The number of nitrogens with zero attached hydrogens (tertiary/aromatic N) is 2. The number of hydrogen-bond acceptors (Lipinski definition) is 4. The van der Waals surface area contributed by atoms with E-state index in [0.29, 0.717) is 22.6 Å². The number of carbonyl (C=O) groups excluding carboxylic acids is 1. The Kier molecular flexibility index (Phi) is 3.12. The van der Waals surface area contributed by atoms with Crippen LogP contribution in [0.3, 0.4) is 0 Å². The van der Waals surface area contributed by atoms with Gasteiger partial charge in [-0.2, -0.15) is 0 Å². The average Bonchev–Trinajstić information content (AvgIpc) is 2.30. The van der Waals surface area contributed by atoms with Crippen LogP contribution in [-0.4, -0.2) is 16.3 Å². The van der Waals surface area contributed by atoms with Crippen molar-refractivity contribution in [2.45, 2.75) is 0 Å². The van der Waals surface area contributed by atoms with Crippen LogP contribution in [0.15, 0.2) is 36.8 Å². The van der Waals surface area contributed by atoms with Crippen molar-refractivity contribution in [1.82, 2.24) is 9.97 Å². The minimum Gasteiger partial charge on any atom is -0.437 e. The number of ether oxygens (including phenoxy) is 1. The highest BCUT2D eigenvalue weighted by atomic mass is 35.5. The summed E-state index contributed by atoms with van der Waals surface area (Å²) in [7, 11) is 0. The Bertz CT molecular complexity index is 517. The predicted octanol–water partition coefficient (Wildman–Crippen LogP) is 2.73. The second kappa shape index (κ2) is 4.72. The van der Waals surface area contributed by atoms with Crippen LogP contribution in [0.1, 0.15) is 10.4 Å². The van der Waals surface area contributed by atoms with Gasteiger partial charge < -0.3 is 4.74 Å². The van der Waals surface area contributed by atoms with E-state index >= 15 is 0 Å². The van der Waals surface area contributed by atoms with E-state index in [0.717, 1.165) is 0 Å². The third kappa shape index (κ3) is 2.35. The highest BCUT2D eigenvalue weighted by Gasteiger charge is 2.05. The molecule has 0 fully saturated rings. The molecule has 80 valence electrons. The largest absolute Gasteiger partial charge is 0.437 e. The van der Waals surface area contributed by atoms with Crippen molar-refractivity contribution in [2.24, 2.45) is 0 Å². The quantitative estimate of drug-likeness (QED) is 0.767. The maximum absolute atomic E-state index is 10.7. The number of carbonyl (C=O) groups is 1. The van der Waals surface area contributed by atoms with Gasteiger partial charge in [-0.05, 0) is 12.1 Å².